The second-order valence-corrected chi connectivity index (χ2v) is 7.48. The minimum absolute atomic E-state index is 0.567. The van der Waals surface area contributed by atoms with Gasteiger partial charge in [0.25, 0.3) is 0 Å². The maximum absolute atomic E-state index is 6.12. The number of benzene rings is 2. The molecule has 0 N–H and O–H groups in total. The largest absolute Gasteiger partial charge is 0.113 e. The molecule has 0 aliphatic carbocycles. The van der Waals surface area contributed by atoms with Crippen molar-refractivity contribution >= 4 is 69.9 Å². The summed E-state index contributed by atoms with van der Waals surface area (Å²) in [5.41, 5.74) is 0. The first-order chi connectivity index (χ1) is 9.09. The molecule has 0 spiro atoms. The Morgan fingerprint density at radius 1 is 0.684 bits per heavy atom. The van der Waals surface area contributed by atoms with Gasteiger partial charge in [-0.15, -0.1) is 23.5 Å². The lowest BCUT2D eigenvalue weighted by atomic mass is 10.4. The van der Waals surface area contributed by atoms with E-state index in [1.165, 1.54) is 0 Å². The molecule has 0 amide bonds. The van der Waals surface area contributed by atoms with Crippen molar-refractivity contribution in [2.75, 3.05) is 5.08 Å². The van der Waals surface area contributed by atoms with E-state index in [0.717, 1.165) is 14.9 Å². The molecule has 0 nitrogen and oxygen atoms in total. The van der Waals surface area contributed by atoms with E-state index in [1.807, 2.05) is 24.3 Å². The van der Waals surface area contributed by atoms with Crippen molar-refractivity contribution in [1.82, 2.24) is 0 Å². The van der Waals surface area contributed by atoms with Gasteiger partial charge in [0.15, 0.2) is 0 Å². The first-order valence-electron chi connectivity index (χ1n) is 5.23. The van der Waals surface area contributed by atoms with Gasteiger partial charge in [0.05, 0.1) is 20.1 Å². The summed E-state index contributed by atoms with van der Waals surface area (Å²) < 4.78 is 0. The summed E-state index contributed by atoms with van der Waals surface area (Å²) in [6.45, 7) is 0. The van der Waals surface area contributed by atoms with E-state index < -0.39 is 0 Å². The fraction of sp³-hybridized carbons (Fsp3) is 0.0769. The van der Waals surface area contributed by atoms with E-state index in [9.17, 15) is 0 Å². The molecule has 0 bridgehead atoms. The number of halogens is 4. The van der Waals surface area contributed by atoms with Gasteiger partial charge >= 0.3 is 0 Å². The number of hydrogen-bond acceptors (Lipinski definition) is 2. The fourth-order valence-corrected chi connectivity index (χ4v) is 4.46. The van der Waals surface area contributed by atoms with Gasteiger partial charge < -0.3 is 0 Å². The predicted molar refractivity (Wildman–Crippen MR) is 89.5 cm³/mol. The summed E-state index contributed by atoms with van der Waals surface area (Å²) in [5, 5.41) is 3.09. The second-order valence-electron chi connectivity index (χ2n) is 3.51. The van der Waals surface area contributed by atoms with Crippen LogP contribution in [0.4, 0.5) is 0 Å². The highest BCUT2D eigenvalue weighted by molar-refractivity contribution is 8.16. The van der Waals surface area contributed by atoms with Crippen molar-refractivity contribution in [3.05, 3.63) is 56.5 Å². The molecule has 6 heteroatoms. The third-order valence-corrected chi connectivity index (χ3v) is 6.37. The molecule has 0 aromatic heterocycles. The Kier molecular flexibility index (Phi) is 6.07. The third kappa shape index (κ3) is 4.13. The Bertz CT molecular complexity index is 535. The molecule has 0 saturated heterocycles. The molecule has 0 radical (unpaired) electrons. The van der Waals surface area contributed by atoms with Crippen molar-refractivity contribution in [3.8, 4) is 0 Å². The Balaban J connectivity index is 2.00. The average molecular weight is 370 g/mol. The second kappa shape index (κ2) is 7.35. The minimum atomic E-state index is 0.567. The molecule has 0 aliphatic heterocycles. The first kappa shape index (κ1) is 15.7. The van der Waals surface area contributed by atoms with Gasteiger partial charge in [-0.1, -0.05) is 58.5 Å². The highest BCUT2D eigenvalue weighted by atomic mass is 35.5. The number of hydrogen-bond donors (Lipinski definition) is 0. The van der Waals surface area contributed by atoms with Gasteiger partial charge in [-0.3, -0.25) is 0 Å². The minimum Gasteiger partial charge on any atom is -0.113 e. The average Bonchev–Trinajstić information content (AvgIpc) is 2.39. The fourth-order valence-electron chi connectivity index (χ4n) is 1.35. The first-order valence-corrected chi connectivity index (χ1v) is 8.71. The molecular formula is C13H8Cl4S2. The maximum Gasteiger partial charge on any atom is 0.0728 e. The van der Waals surface area contributed by atoms with Crippen LogP contribution in [0.15, 0.2) is 46.2 Å². The summed E-state index contributed by atoms with van der Waals surface area (Å²) in [4.78, 5) is 1.92. The van der Waals surface area contributed by atoms with E-state index >= 15 is 0 Å². The van der Waals surface area contributed by atoms with E-state index in [2.05, 4.69) is 0 Å². The van der Waals surface area contributed by atoms with Crippen LogP contribution >= 0.6 is 69.9 Å². The quantitative estimate of drug-likeness (QED) is 0.414. The molecule has 19 heavy (non-hydrogen) atoms. The molecule has 2 aromatic carbocycles. The van der Waals surface area contributed by atoms with Crippen LogP contribution in [0.3, 0.4) is 0 Å². The van der Waals surface area contributed by atoms with Crippen molar-refractivity contribution in [1.29, 1.82) is 0 Å². The molecule has 2 rings (SSSR count). The van der Waals surface area contributed by atoms with Gasteiger partial charge in [0.2, 0.25) is 0 Å². The molecule has 0 atom stereocenters. The van der Waals surface area contributed by atoms with Crippen LogP contribution in [0.1, 0.15) is 0 Å². The van der Waals surface area contributed by atoms with Crippen molar-refractivity contribution < 1.29 is 0 Å². The highest BCUT2D eigenvalue weighted by Gasteiger charge is 2.07. The van der Waals surface area contributed by atoms with Crippen LogP contribution in [0.5, 0.6) is 0 Å². The molecule has 0 heterocycles. The zero-order chi connectivity index (χ0) is 13.8. The molecule has 0 fully saturated rings. The maximum atomic E-state index is 6.12. The molecule has 0 unspecified atom stereocenters. The molecule has 0 saturated carbocycles. The predicted octanol–water partition coefficient (Wildman–Crippen LogP) is 7.14. The Morgan fingerprint density at radius 2 is 1.11 bits per heavy atom. The normalized spacial score (nSPS) is 10.7. The van der Waals surface area contributed by atoms with Crippen molar-refractivity contribution in [3.63, 3.8) is 0 Å². The van der Waals surface area contributed by atoms with E-state index in [1.54, 1.807) is 35.7 Å². The van der Waals surface area contributed by atoms with E-state index in [0.29, 0.717) is 20.1 Å². The van der Waals surface area contributed by atoms with E-state index in [4.69, 9.17) is 46.4 Å². The smallest absolute Gasteiger partial charge is 0.0728 e. The topological polar surface area (TPSA) is 0 Å². The Labute approximate surface area is 140 Å². The highest BCUT2D eigenvalue weighted by Crippen LogP contribution is 2.38. The van der Waals surface area contributed by atoms with Crippen LogP contribution in [0.2, 0.25) is 20.1 Å². The van der Waals surface area contributed by atoms with Crippen LogP contribution in [0.25, 0.3) is 0 Å². The lowest BCUT2D eigenvalue weighted by Crippen LogP contribution is -1.80. The van der Waals surface area contributed by atoms with Gasteiger partial charge in [-0.2, -0.15) is 0 Å². The van der Waals surface area contributed by atoms with Crippen LogP contribution < -0.4 is 0 Å². The Hall–Kier alpha value is 0.300. The lowest BCUT2D eigenvalue weighted by molar-refractivity contribution is 1.45. The van der Waals surface area contributed by atoms with Crippen molar-refractivity contribution in [2.24, 2.45) is 0 Å². The molecular weight excluding hydrogens is 362 g/mol. The molecule has 2 aromatic rings. The summed E-state index contributed by atoms with van der Waals surface area (Å²) in [7, 11) is 0. The van der Waals surface area contributed by atoms with Crippen LogP contribution in [-0.4, -0.2) is 5.08 Å². The third-order valence-electron chi connectivity index (χ3n) is 2.26. The standard InChI is InChI=1S/C13H8Cl4S2/c14-8-3-1-5-10(12(8)16)18-7-19-11-6-2-4-9(15)13(11)17/h1-6H,7H2. The van der Waals surface area contributed by atoms with Gasteiger partial charge in [-0.25, -0.2) is 0 Å². The lowest BCUT2D eigenvalue weighted by Gasteiger charge is -2.07. The summed E-state index contributed by atoms with van der Waals surface area (Å²) in [6.07, 6.45) is 0. The number of thioether (sulfide) groups is 2. The van der Waals surface area contributed by atoms with Crippen LogP contribution in [-0.2, 0) is 0 Å². The molecule has 0 aliphatic rings. The van der Waals surface area contributed by atoms with E-state index in [-0.39, 0.29) is 0 Å². The summed E-state index contributed by atoms with van der Waals surface area (Å²) >= 11 is 27.4. The zero-order valence-corrected chi connectivity index (χ0v) is 14.2. The molecule has 100 valence electrons. The van der Waals surface area contributed by atoms with Crippen LogP contribution in [0, 0.1) is 0 Å². The Morgan fingerprint density at radius 3 is 1.53 bits per heavy atom. The monoisotopic (exact) mass is 368 g/mol. The van der Waals surface area contributed by atoms with Gasteiger partial charge in [0.1, 0.15) is 0 Å². The van der Waals surface area contributed by atoms with Gasteiger partial charge in [0, 0.05) is 14.9 Å². The van der Waals surface area contributed by atoms with Crippen molar-refractivity contribution in [2.45, 2.75) is 9.79 Å². The SMILES string of the molecule is Clc1cccc(SCSc2cccc(Cl)c2Cl)c1Cl. The zero-order valence-electron chi connectivity index (χ0n) is 9.50. The summed E-state index contributed by atoms with van der Waals surface area (Å²) in [5.74, 6) is 0. The van der Waals surface area contributed by atoms with Gasteiger partial charge in [-0.05, 0) is 24.3 Å². The summed E-state index contributed by atoms with van der Waals surface area (Å²) in [6, 6.07) is 11.2. The number of rotatable bonds is 4.